The number of aliphatic imine (C=N–C) groups is 1. The molecule has 2 N–H and O–H groups in total. The van der Waals surface area contributed by atoms with E-state index in [1.54, 1.807) is 0 Å². The summed E-state index contributed by atoms with van der Waals surface area (Å²) in [5, 5.41) is 12.6. The van der Waals surface area contributed by atoms with Gasteiger partial charge in [-0.3, -0.25) is 4.99 Å². The van der Waals surface area contributed by atoms with E-state index in [0.717, 1.165) is 45.0 Å². The number of aliphatic hydroxyl groups excluding tert-OH is 1. The minimum absolute atomic E-state index is 0.163. The molecule has 0 aromatic carbocycles. The normalized spacial score (nSPS) is 29.9. The highest BCUT2D eigenvalue weighted by Crippen LogP contribution is 2.10. The summed E-state index contributed by atoms with van der Waals surface area (Å²) in [5.41, 5.74) is 0. The lowest BCUT2D eigenvalue weighted by Gasteiger charge is -2.31. The van der Waals surface area contributed by atoms with Crippen LogP contribution < -0.4 is 5.32 Å². The third-order valence-corrected chi connectivity index (χ3v) is 2.35. The number of likely N-dealkylation sites (tertiary alicyclic amines) is 1. The molecule has 0 aromatic heterocycles. The lowest BCUT2D eigenvalue weighted by atomic mass is 10.1. The average Bonchev–Trinajstić information content (AvgIpc) is 2.56. The van der Waals surface area contributed by atoms with E-state index < -0.39 is 0 Å². The summed E-state index contributed by atoms with van der Waals surface area (Å²) in [7, 11) is 0. The van der Waals surface area contributed by atoms with E-state index in [-0.39, 0.29) is 6.10 Å². The SMILES string of the molecule is OC1CCCN(C2=NCCN2)C1. The average molecular weight is 169 g/mol. The maximum absolute atomic E-state index is 9.42. The van der Waals surface area contributed by atoms with Crippen LogP contribution >= 0.6 is 0 Å². The zero-order valence-corrected chi connectivity index (χ0v) is 7.16. The summed E-state index contributed by atoms with van der Waals surface area (Å²) in [6.07, 6.45) is 1.84. The van der Waals surface area contributed by atoms with Gasteiger partial charge in [-0.2, -0.15) is 0 Å². The second-order valence-electron chi connectivity index (χ2n) is 3.37. The Labute approximate surface area is 72.3 Å². The zero-order chi connectivity index (χ0) is 8.39. The molecule has 2 heterocycles. The molecule has 0 saturated carbocycles. The number of rotatable bonds is 0. The van der Waals surface area contributed by atoms with Gasteiger partial charge in [0.25, 0.3) is 0 Å². The van der Waals surface area contributed by atoms with Crippen LogP contribution in [0.5, 0.6) is 0 Å². The molecule has 68 valence electrons. The van der Waals surface area contributed by atoms with Crippen molar-refractivity contribution in [3.8, 4) is 0 Å². The van der Waals surface area contributed by atoms with Gasteiger partial charge in [0.15, 0.2) is 5.96 Å². The van der Waals surface area contributed by atoms with Gasteiger partial charge < -0.3 is 15.3 Å². The van der Waals surface area contributed by atoms with Gasteiger partial charge in [-0.25, -0.2) is 0 Å². The zero-order valence-electron chi connectivity index (χ0n) is 7.16. The van der Waals surface area contributed by atoms with Crippen LogP contribution in [0, 0.1) is 0 Å². The number of nitrogens with one attached hydrogen (secondary N) is 1. The molecule has 0 aromatic rings. The highest BCUT2D eigenvalue weighted by atomic mass is 16.3. The Bertz CT molecular complexity index is 193. The molecule has 4 heteroatoms. The van der Waals surface area contributed by atoms with Crippen molar-refractivity contribution in [2.75, 3.05) is 26.2 Å². The fraction of sp³-hybridized carbons (Fsp3) is 0.875. The van der Waals surface area contributed by atoms with Crippen molar-refractivity contribution >= 4 is 5.96 Å². The maximum Gasteiger partial charge on any atom is 0.194 e. The highest BCUT2D eigenvalue weighted by molar-refractivity contribution is 5.81. The van der Waals surface area contributed by atoms with Gasteiger partial charge in [0.2, 0.25) is 0 Å². The molecular formula is C8H15N3O. The number of aliphatic hydroxyl groups is 1. The first-order chi connectivity index (χ1) is 5.86. The number of hydrogen-bond acceptors (Lipinski definition) is 4. The predicted octanol–water partition coefficient (Wildman–Crippen LogP) is -0.598. The molecule has 0 aliphatic carbocycles. The van der Waals surface area contributed by atoms with Crippen LogP contribution in [0.15, 0.2) is 4.99 Å². The van der Waals surface area contributed by atoms with Crippen molar-refractivity contribution in [1.29, 1.82) is 0 Å². The fourth-order valence-corrected chi connectivity index (χ4v) is 1.74. The van der Waals surface area contributed by atoms with Gasteiger partial charge >= 0.3 is 0 Å². The molecule has 0 radical (unpaired) electrons. The van der Waals surface area contributed by atoms with E-state index in [4.69, 9.17) is 0 Å². The van der Waals surface area contributed by atoms with E-state index in [9.17, 15) is 5.11 Å². The quantitative estimate of drug-likeness (QED) is 0.509. The first-order valence-corrected chi connectivity index (χ1v) is 4.57. The van der Waals surface area contributed by atoms with Crippen LogP contribution in [0.3, 0.4) is 0 Å². The van der Waals surface area contributed by atoms with Crippen molar-refractivity contribution in [2.24, 2.45) is 4.99 Å². The molecule has 0 spiro atoms. The molecule has 0 bridgehead atoms. The van der Waals surface area contributed by atoms with Gasteiger partial charge in [-0.1, -0.05) is 0 Å². The molecule has 2 rings (SSSR count). The minimum atomic E-state index is -0.163. The van der Waals surface area contributed by atoms with Gasteiger partial charge in [0.05, 0.1) is 12.6 Å². The van der Waals surface area contributed by atoms with Crippen molar-refractivity contribution in [1.82, 2.24) is 10.2 Å². The topological polar surface area (TPSA) is 47.9 Å². The predicted molar refractivity (Wildman–Crippen MR) is 47.1 cm³/mol. The Morgan fingerprint density at radius 3 is 3.17 bits per heavy atom. The van der Waals surface area contributed by atoms with E-state index in [2.05, 4.69) is 15.2 Å². The first kappa shape index (κ1) is 7.86. The molecule has 4 nitrogen and oxygen atoms in total. The van der Waals surface area contributed by atoms with Gasteiger partial charge in [0.1, 0.15) is 0 Å². The third kappa shape index (κ3) is 1.53. The number of piperidine rings is 1. The summed E-state index contributed by atoms with van der Waals surface area (Å²) < 4.78 is 0. The van der Waals surface area contributed by atoms with Crippen LogP contribution in [0.4, 0.5) is 0 Å². The van der Waals surface area contributed by atoms with E-state index in [1.165, 1.54) is 0 Å². The lowest BCUT2D eigenvalue weighted by Crippen LogP contribution is -2.46. The van der Waals surface area contributed by atoms with Gasteiger partial charge in [-0.05, 0) is 12.8 Å². The molecular weight excluding hydrogens is 154 g/mol. The first-order valence-electron chi connectivity index (χ1n) is 4.57. The summed E-state index contributed by atoms with van der Waals surface area (Å²) in [4.78, 5) is 6.45. The number of β-amino-alcohol motifs (C(OH)–C–C–N with tert-alkyl or cyclic N) is 1. The Kier molecular flexibility index (Phi) is 2.17. The fourth-order valence-electron chi connectivity index (χ4n) is 1.74. The summed E-state index contributed by atoms with van der Waals surface area (Å²) >= 11 is 0. The number of nitrogens with zero attached hydrogens (tertiary/aromatic N) is 2. The van der Waals surface area contributed by atoms with Gasteiger partial charge in [-0.15, -0.1) is 0 Å². The monoisotopic (exact) mass is 169 g/mol. The van der Waals surface area contributed by atoms with Crippen molar-refractivity contribution in [2.45, 2.75) is 18.9 Å². The number of hydrogen-bond donors (Lipinski definition) is 2. The van der Waals surface area contributed by atoms with Crippen LogP contribution in [0.25, 0.3) is 0 Å². The molecule has 1 saturated heterocycles. The Balaban J connectivity index is 1.94. The van der Waals surface area contributed by atoms with Crippen LogP contribution in [0.2, 0.25) is 0 Å². The van der Waals surface area contributed by atoms with Crippen molar-refractivity contribution in [3.05, 3.63) is 0 Å². The van der Waals surface area contributed by atoms with Crippen LogP contribution in [-0.2, 0) is 0 Å². The molecule has 0 amide bonds. The van der Waals surface area contributed by atoms with E-state index >= 15 is 0 Å². The van der Waals surface area contributed by atoms with Crippen molar-refractivity contribution in [3.63, 3.8) is 0 Å². The molecule has 2 aliphatic rings. The summed E-state index contributed by atoms with van der Waals surface area (Å²) in [5.74, 6) is 0.980. The summed E-state index contributed by atoms with van der Waals surface area (Å²) in [6, 6.07) is 0. The van der Waals surface area contributed by atoms with Crippen LogP contribution in [-0.4, -0.2) is 48.2 Å². The second-order valence-corrected chi connectivity index (χ2v) is 3.37. The Morgan fingerprint density at radius 1 is 1.58 bits per heavy atom. The second kappa shape index (κ2) is 3.31. The van der Waals surface area contributed by atoms with E-state index in [0.29, 0.717) is 0 Å². The van der Waals surface area contributed by atoms with Gasteiger partial charge in [0, 0.05) is 19.6 Å². The smallest absolute Gasteiger partial charge is 0.194 e. The molecule has 1 unspecified atom stereocenters. The standard InChI is InChI=1S/C8H15N3O/c12-7-2-1-5-11(6-7)8-9-3-4-10-8/h7,12H,1-6H2,(H,9,10). The Morgan fingerprint density at radius 2 is 2.50 bits per heavy atom. The summed E-state index contributed by atoms with van der Waals surface area (Å²) in [6.45, 7) is 3.60. The third-order valence-electron chi connectivity index (χ3n) is 2.35. The molecule has 12 heavy (non-hydrogen) atoms. The number of guanidine groups is 1. The maximum atomic E-state index is 9.42. The lowest BCUT2D eigenvalue weighted by molar-refractivity contribution is 0.102. The minimum Gasteiger partial charge on any atom is -0.391 e. The highest BCUT2D eigenvalue weighted by Gasteiger charge is 2.21. The Hall–Kier alpha value is -0.770. The molecule has 2 aliphatic heterocycles. The van der Waals surface area contributed by atoms with E-state index in [1.807, 2.05) is 0 Å². The molecule has 1 atom stereocenters. The van der Waals surface area contributed by atoms with Crippen LogP contribution in [0.1, 0.15) is 12.8 Å². The molecule has 1 fully saturated rings. The largest absolute Gasteiger partial charge is 0.391 e. The van der Waals surface area contributed by atoms with Crippen molar-refractivity contribution < 1.29 is 5.11 Å².